The van der Waals surface area contributed by atoms with Gasteiger partial charge in [-0.1, -0.05) is 26.0 Å². The van der Waals surface area contributed by atoms with E-state index in [1.54, 1.807) is 13.0 Å². The van der Waals surface area contributed by atoms with Crippen molar-refractivity contribution in [2.75, 3.05) is 18.4 Å². The number of aromatic nitrogens is 2. The number of aryl methyl sites for hydroxylation is 1. The second-order valence-corrected chi connectivity index (χ2v) is 9.59. The number of para-hydroxylation sites is 1. The Hall–Kier alpha value is -3.07. The van der Waals surface area contributed by atoms with Crippen LogP contribution in [-0.4, -0.2) is 39.4 Å². The number of thiophene rings is 1. The number of amides is 2. The number of anilines is 1. The molecule has 0 radical (unpaired) electrons. The van der Waals surface area contributed by atoms with Crippen LogP contribution in [0.3, 0.4) is 0 Å². The molecule has 9 heteroatoms. The predicted octanol–water partition coefficient (Wildman–Crippen LogP) is 3.66. The third-order valence-electron chi connectivity index (χ3n) is 5.77. The lowest BCUT2D eigenvalue weighted by Gasteiger charge is -2.35. The van der Waals surface area contributed by atoms with E-state index in [-0.39, 0.29) is 28.6 Å². The van der Waals surface area contributed by atoms with Gasteiger partial charge in [-0.3, -0.25) is 19.0 Å². The highest BCUT2D eigenvalue weighted by atomic mass is 32.1. The topological polar surface area (TPSA) is 84.3 Å². The summed E-state index contributed by atoms with van der Waals surface area (Å²) in [5, 5.41) is 2.85. The second kappa shape index (κ2) is 8.82. The van der Waals surface area contributed by atoms with Crippen molar-refractivity contribution in [3.05, 3.63) is 57.2 Å². The summed E-state index contributed by atoms with van der Waals surface area (Å²) >= 11 is 1.07. The number of fused-ring (bicyclic) bond motifs is 1. The minimum atomic E-state index is -0.542. The molecule has 2 atom stereocenters. The summed E-state index contributed by atoms with van der Waals surface area (Å²) < 4.78 is 15.2. The molecule has 32 heavy (non-hydrogen) atoms. The number of rotatable bonds is 4. The first kappa shape index (κ1) is 22.1. The van der Waals surface area contributed by atoms with E-state index in [2.05, 4.69) is 24.1 Å². The number of piperidine rings is 1. The number of halogens is 1. The number of benzene rings is 1. The van der Waals surface area contributed by atoms with Gasteiger partial charge >= 0.3 is 0 Å². The molecule has 1 fully saturated rings. The number of nitrogens with one attached hydrogen (secondary N) is 1. The monoisotopic (exact) mass is 456 g/mol. The summed E-state index contributed by atoms with van der Waals surface area (Å²) in [5.74, 6) is -0.310. The van der Waals surface area contributed by atoms with Gasteiger partial charge in [-0.15, -0.1) is 11.3 Å². The molecule has 1 N–H and O–H groups in total. The van der Waals surface area contributed by atoms with Crippen LogP contribution in [0.2, 0.25) is 0 Å². The van der Waals surface area contributed by atoms with E-state index in [0.717, 1.165) is 17.8 Å². The number of carbonyl (C=O) groups excluding carboxylic acids is 2. The van der Waals surface area contributed by atoms with Crippen LogP contribution in [0.5, 0.6) is 0 Å². The average molecular weight is 457 g/mol. The molecule has 3 aromatic rings. The highest BCUT2D eigenvalue weighted by molar-refractivity contribution is 7.20. The molecule has 2 amide bonds. The predicted molar refractivity (Wildman–Crippen MR) is 122 cm³/mol. The zero-order valence-corrected chi connectivity index (χ0v) is 19.0. The molecule has 0 bridgehead atoms. The lowest BCUT2D eigenvalue weighted by Crippen LogP contribution is -2.44. The summed E-state index contributed by atoms with van der Waals surface area (Å²) in [7, 11) is 0. The molecule has 168 valence electrons. The lowest BCUT2D eigenvalue weighted by molar-refractivity contribution is -0.134. The number of likely N-dealkylation sites (tertiary alicyclic amines) is 1. The third-order valence-corrected chi connectivity index (χ3v) is 6.97. The van der Waals surface area contributed by atoms with Gasteiger partial charge in [0.15, 0.2) is 0 Å². The van der Waals surface area contributed by atoms with Crippen molar-refractivity contribution in [1.29, 1.82) is 0 Å². The van der Waals surface area contributed by atoms with Crippen LogP contribution in [-0.2, 0) is 11.3 Å². The van der Waals surface area contributed by atoms with Crippen LogP contribution in [0.1, 0.15) is 35.5 Å². The first-order valence-corrected chi connectivity index (χ1v) is 11.4. The van der Waals surface area contributed by atoms with Crippen molar-refractivity contribution >= 4 is 39.1 Å². The molecule has 7 nitrogen and oxygen atoms in total. The smallest absolute Gasteiger partial charge is 0.266 e. The Morgan fingerprint density at radius 1 is 1.22 bits per heavy atom. The average Bonchev–Trinajstić information content (AvgIpc) is 3.08. The Labute approximate surface area is 188 Å². The quantitative estimate of drug-likeness (QED) is 0.649. The van der Waals surface area contributed by atoms with E-state index in [9.17, 15) is 18.8 Å². The summed E-state index contributed by atoms with van der Waals surface area (Å²) in [6.07, 6.45) is 2.44. The molecule has 1 aliphatic heterocycles. The van der Waals surface area contributed by atoms with E-state index in [1.165, 1.54) is 29.1 Å². The Morgan fingerprint density at radius 2 is 1.91 bits per heavy atom. The van der Waals surface area contributed by atoms with Gasteiger partial charge in [-0.2, -0.15) is 0 Å². The molecule has 0 spiro atoms. The number of carbonyl (C=O) groups is 2. The molecular weight excluding hydrogens is 431 g/mol. The molecule has 2 aromatic heterocycles. The summed E-state index contributed by atoms with van der Waals surface area (Å²) in [5.41, 5.74) is 0.175. The van der Waals surface area contributed by atoms with Gasteiger partial charge in [-0.25, -0.2) is 9.37 Å². The first-order chi connectivity index (χ1) is 15.2. The lowest BCUT2D eigenvalue weighted by atomic mass is 9.92. The molecule has 1 saturated heterocycles. The largest absolute Gasteiger partial charge is 0.341 e. The van der Waals surface area contributed by atoms with Gasteiger partial charge < -0.3 is 10.2 Å². The van der Waals surface area contributed by atoms with Crippen molar-refractivity contribution < 1.29 is 14.0 Å². The maximum absolute atomic E-state index is 13.9. The Balaban J connectivity index is 1.60. The highest BCUT2D eigenvalue weighted by Crippen LogP contribution is 2.28. The van der Waals surface area contributed by atoms with Crippen LogP contribution in [0, 0.1) is 24.6 Å². The fourth-order valence-corrected chi connectivity index (χ4v) is 5.38. The van der Waals surface area contributed by atoms with Crippen LogP contribution >= 0.6 is 11.3 Å². The van der Waals surface area contributed by atoms with E-state index in [1.807, 2.05) is 4.90 Å². The minimum absolute atomic E-state index is 0.0651. The van der Waals surface area contributed by atoms with Crippen molar-refractivity contribution in [2.24, 2.45) is 11.8 Å². The molecule has 0 unspecified atom stereocenters. The highest BCUT2D eigenvalue weighted by Gasteiger charge is 2.26. The Kier molecular flexibility index (Phi) is 6.10. The van der Waals surface area contributed by atoms with Gasteiger partial charge in [0.1, 0.15) is 17.2 Å². The molecule has 1 aromatic carbocycles. The number of hydrogen-bond donors (Lipinski definition) is 1. The fourth-order valence-electron chi connectivity index (χ4n) is 4.34. The van der Waals surface area contributed by atoms with Crippen LogP contribution < -0.4 is 10.9 Å². The fraction of sp³-hybridized carbons (Fsp3) is 0.391. The van der Waals surface area contributed by atoms with E-state index >= 15 is 0 Å². The maximum atomic E-state index is 13.9. The molecule has 0 saturated carbocycles. The van der Waals surface area contributed by atoms with Gasteiger partial charge in [0, 0.05) is 13.1 Å². The number of nitrogens with zero attached hydrogens (tertiary/aromatic N) is 3. The maximum Gasteiger partial charge on any atom is 0.266 e. The minimum Gasteiger partial charge on any atom is -0.341 e. The summed E-state index contributed by atoms with van der Waals surface area (Å²) in [4.78, 5) is 45.5. The van der Waals surface area contributed by atoms with Crippen LogP contribution in [0.25, 0.3) is 10.2 Å². The van der Waals surface area contributed by atoms with Crippen LogP contribution in [0.15, 0.2) is 35.4 Å². The molecule has 1 aliphatic rings. The van der Waals surface area contributed by atoms with Gasteiger partial charge in [0.05, 0.1) is 22.3 Å². The third kappa shape index (κ3) is 4.29. The molecule has 0 aliphatic carbocycles. The van der Waals surface area contributed by atoms with Gasteiger partial charge in [-0.05, 0) is 42.9 Å². The molecular formula is C23H25FN4O3S. The molecule has 3 heterocycles. The zero-order valence-electron chi connectivity index (χ0n) is 18.2. The van der Waals surface area contributed by atoms with E-state index in [4.69, 9.17) is 0 Å². The first-order valence-electron chi connectivity index (χ1n) is 10.6. The van der Waals surface area contributed by atoms with Gasteiger partial charge in [0.2, 0.25) is 5.91 Å². The van der Waals surface area contributed by atoms with Crippen molar-refractivity contribution in [3.8, 4) is 0 Å². The summed E-state index contributed by atoms with van der Waals surface area (Å²) in [6.45, 7) is 7.19. The van der Waals surface area contributed by atoms with Crippen LogP contribution in [0.4, 0.5) is 10.1 Å². The Bertz CT molecular complexity index is 1240. The van der Waals surface area contributed by atoms with Crippen molar-refractivity contribution in [1.82, 2.24) is 14.5 Å². The SMILES string of the molecule is Cc1c(C(=O)Nc2ccccc2F)sc2ncn(CC(=O)N3C[C@H](C)C[C@@H](C)C3)c(=O)c12. The van der Waals surface area contributed by atoms with Gasteiger partial charge in [0.25, 0.3) is 11.5 Å². The van der Waals surface area contributed by atoms with Crippen molar-refractivity contribution in [3.63, 3.8) is 0 Å². The summed E-state index contributed by atoms with van der Waals surface area (Å²) in [6, 6.07) is 5.88. The van der Waals surface area contributed by atoms with E-state index in [0.29, 0.717) is 40.7 Å². The second-order valence-electron chi connectivity index (χ2n) is 8.59. The Morgan fingerprint density at radius 3 is 2.59 bits per heavy atom. The van der Waals surface area contributed by atoms with Crippen molar-refractivity contribution in [2.45, 2.75) is 33.7 Å². The normalized spacial score (nSPS) is 18.7. The standard InChI is InChI=1S/C23H25FN4O3S/c1-13-8-14(2)10-27(9-13)18(29)11-28-12-25-22-19(23(28)31)15(3)20(32-22)21(30)26-17-7-5-4-6-16(17)24/h4-7,12-14H,8-11H2,1-3H3,(H,26,30)/t13-,14-/m1/s1. The molecule has 4 rings (SSSR count). The van der Waals surface area contributed by atoms with E-state index < -0.39 is 11.7 Å². The zero-order chi connectivity index (χ0) is 23.0. The number of hydrogen-bond acceptors (Lipinski definition) is 5.